The molecule has 0 radical (unpaired) electrons. The normalized spacial score (nSPS) is 12.1. The Morgan fingerprint density at radius 2 is 1.88 bits per heavy atom. The van der Waals surface area contributed by atoms with Gasteiger partial charge in [0.15, 0.2) is 0 Å². The zero-order chi connectivity index (χ0) is 11.4. The van der Waals surface area contributed by atoms with Crippen LogP contribution in [-0.2, 0) is 4.52 Å². The van der Waals surface area contributed by atoms with Crippen molar-refractivity contribution in [1.82, 2.24) is 0 Å². The van der Waals surface area contributed by atoms with E-state index >= 15 is 0 Å². The number of benzene rings is 2. The van der Waals surface area contributed by atoms with Crippen molar-refractivity contribution in [2.75, 3.05) is 0 Å². The molecule has 1 N–H and O–H groups in total. The molecule has 1 unspecified atom stereocenters. The first-order valence-electron chi connectivity index (χ1n) is 4.73. The second kappa shape index (κ2) is 4.97. The van der Waals surface area contributed by atoms with E-state index in [0.717, 1.165) is 17.0 Å². The van der Waals surface area contributed by atoms with E-state index in [1.807, 2.05) is 36.4 Å². The fourth-order valence-corrected chi connectivity index (χ4v) is 1.94. The minimum Gasteiger partial charge on any atom is -0.426 e. The lowest BCUT2D eigenvalue weighted by Gasteiger charge is -2.11. The van der Waals surface area contributed by atoms with Crippen molar-refractivity contribution in [3.05, 3.63) is 55.3 Å². The minimum atomic E-state index is -1.95. The molecule has 0 aromatic heterocycles. The average Bonchev–Trinajstić information content (AvgIpc) is 2.30. The van der Waals surface area contributed by atoms with E-state index in [1.165, 1.54) is 0 Å². The number of rotatable bonds is 4. The SMILES string of the molecule is C=COP(O)Oc1cccc2ccccc12. The van der Waals surface area contributed by atoms with E-state index in [-0.39, 0.29) is 0 Å². The summed E-state index contributed by atoms with van der Waals surface area (Å²) in [5, 5.41) is 2.00. The fourth-order valence-electron chi connectivity index (χ4n) is 1.44. The van der Waals surface area contributed by atoms with Gasteiger partial charge in [0.1, 0.15) is 5.75 Å². The monoisotopic (exact) mass is 234 g/mol. The first kappa shape index (κ1) is 10.9. The number of hydrogen-bond acceptors (Lipinski definition) is 3. The summed E-state index contributed by atoms with van der Waals surface area (Å²) >= 11 is 0. The summed E-state index contributed by atoms with van der Waals surface area (Å²) in [4.78, 5) is 9.41. The van der Waals surface area contributed by atoms with Crippen LogP contribution in [0.25, 0.3) is 10.8 Å². The molecule has 2 rings (SSSR count). The van der Waals surface area contributed by atoms with Gasteiger partial charge in [-0.15, -0.1) is 0 Å². The van der Waals surface area contributed by atoms with Crippen LogP contribution in [-0.4, -0.2) is 4.89 Å². The predicted octanol–water partition coefficient (Wildman–Crippen LogP) is 3.60. The van der Waals surface area contributed by atoms with Gasteiger partial charge in [-0.25, -0.2) is 0 Å². The Kier molecular flexibility index (Phi) is 3.40. The van der Waals surface area contributed by atoms with Crippen molar-refractivity contribution in [2.45, 2.75) is 0 Å². The van der Waals surface area contributed by atoms with Crippen LogP contribution in [0.2, 0.25) is 0 Å². The Bertz CT molecular complexity index is 493. The summed E-state index contributed by atoms with van der Waals surface area (Å²) in [6.45, 7) is 3.36. The second-order valence-corrected chi connectivity index (χ2v) is 3.95. The molecule has 16 heavy (non-hydrogen) atoms. The molecule has 0 spiro atoms. The molecule has 2 aromatic rings. The highest BCUT2D eigenvalue weighted by atomic mass is 31.2. The van der Waals surface area contributed by atoms with Gasteiger partial charge in [0, 0.05) is 5.39 Å². The van der Waals surface area contributed by atoms with E-state index in [1.54, 1.807) is 6.07 Å². The molecule has 0 saturated heterocycles. The van der Waals surface area contributed by atoms with Gasteiger partial charge in [0.2, 0.25) is 0 Å². The Morgan fingerprint density at radius 1 is 1.12 bits per heavy atom. The van der Waals surface area contributed by atoms with Crippen molar-refractivity contribution < 1.29 is 13.9 Å². The first-order chi connectivity index (χ1) is 7.81. The Hall–Kier alpha value is -1.57. The van der Waals surface area contributed by atoms with Gasteiger partial charge in [-0.2, -0.15) is 0 Å². The second-order valence-electron chi connectivity index (χ2n) is 3.08. The third kappa shape index (κ3) is 2.32. The molecule has 0 aliphatic rings. The molecule has 1 atom stereocenters. The molecular weight excluding hydrogens is 223 g/mol. The zero-order valence-electron chi connectivity index (χ0n) is 8.54. The zero-order valence-corrected chi connectivity index (χ0v) is 9.43. The van der Waals surface area contributed by atoms with Gasteiger partial charge in [-0.3, -0.25) is 0 Å². The van der Waals surface area contributed by atoms with Crippen LogP contribution >= 0.6 is 8.60 Å². The average molecular weight is 234 g/mol. The van der Waals surface area contributed by atoms with Crippen molar-refractivity contribution >= 4 is 19.4 Å². The summed E-state index contributed by atoms with van der Waals surface area (Å²) in [5.41, 5.74) is 0. The van der Waals surface area contributed by atoms with Crippen molar-refractivity contribution in [3.8, 4) is 5.75 Å². The quantitative estimate of drug-likeness (QED) is 0.648. The maximum Gasteiger partial charge on any atom is 0.459 e. The van der Waals surface area contributed by atoms with Gasteiger partial charge in [-0.1, -0.05) is 43.0 Å². The molecule has 2 aromatic carbocycles. The van der Waals surface area contributed by atoms with E-state index in [0.29, 0.717) is 5.75 Å². The molecule has 0 amide bonds. The van der Waals surface area contributed by atoms with Gasteiger partial charge >= 0.3 is 8.60 Å². The first-order valence-corrected chi connectivity index (χ1v) is 5.86. The fraction of sp³-hybridized carbons (Fsp3) is 0. The molecule has 82 valence electrons. The van der Waals surface area contributed by atoms with Crippen LogP contribution in [0.3, 0.4) is 0 Å². The van der Waals surface area contributed by atoms with Crippen molar-refractivity contribution in [1.29, 1.82) is 0 Å². The van der Waals surface area contributed by atoms with Gasteiger partial charge in [0.25, 0.3) is 0 Å². The topological polar surface area (TPSA) is 38.7 Å². The molecule has 4 heteroatoms. The lowest BCUT2D eigenvalue weighted by atomic mass is 10.1. The van der Waals surface area contributed by atoms with Crippen molar-refractivity contribution in [3.63, 3.8) is 0 Å². The third-order valence-corrected chi connectivity index (χ3v) is 2.77. The Labute approximate surface area is 94.9 Å². The predicted molar refractivity (Wildman–Crippen MR) is 65.0 cm³/mol. The number of fused-ring (bicyclic) bond motifs is 1. The lowest BCUT2D eigenvalue weighted by Crippen LogP contribution is -1.88. The standard InChI is InChI=1S/C12H11O3P/c1-2-14-16(13)15-12-9-5-7-10-6-3-4-8-11(10)12/h2-9,13H,1H2. The highest BCUT2D eigenvalue weighted by molar-refractivity contribution is 7.41. The number of hydrogen-bond donors (Lipinski definition) is 1. The van der Waals surface area contributed by atoms with Gasteiger partial charge in [-0.05, 0) is 11.5 Å². The Morgan fingerprint density at radius 3 is 2.69 bits per heavy atom. The maximum atomic E-state index is 9.41. The molecule has 0 heterocycles. The highest BCUT2D eigenvalue weighted by Gasteiger charge is 2.10. The smallest absolute Gasteiger partial charge is 0.426 e. The van der Waals surface area contributed by atoms with Crippen molar-refractivity contribution in [2.24, 2.45) is 0 Å². The van der Waals surface area contributed by atoms with Crippen LogP contribution in [0.15, 0.2) is 55.3 Å². The molecule has 0 aliphatic carbocycles. The van der Waals surface area contributed by atoms with Gasteiger partial charge in [0.05, 0.1) is 6.26 Å². The summed E-state index contributed by atoms with van der Waals surface area (Å²) < 4.78 is 10.1. The van der Waals surface area contributed by atoms with E-state index in [9.17, 15) is 4.89 Å². The van der Waals surface area contributed by atoms with Crippen LogP contribution in [0.5, 0.6) is 5.75 Å². The largest absolute Gasteiger partial charge is 0.459 e. The van der Waals surface area contributed by atoms with Gasteiger partial charge < -0.3 is 13.9 Å². The molecule has 0 fully saturated rings. The van der Waals surface area contributed by atoms with Crippen LogP contribution < -0.4 is 4.52 Å². The van der Waals surface area contributed by atoms with Crippen LogP contribution in [0.4, 0.5) is 0 Å². The summed E-state index contributed by atoms with van der Waals surface area (Å²) in [6.07, 6.45) is 1.16. The molecular formula is C12H11O3P. The third-order valence-electron chi connectivity index (χ3n) is 2.09. The molecule has 0 aliphatic heterocycles. The summed E-state index contributed by atoms with van der Waals surface area (Å²) in [6, 6.07) is 13.4. The van der Waals surface area contributed by atoms with E-state index in [2.05, 4.69) is 6.58 Å². The van der Waals surface area contributed by atoms with Crippen LogP contribution in [0, 0.1) is 0 Å². The lowest BCUT2D eigenvalue weighted by molar-refractivity contribution is 0.351. The highest BCUT2D eigenvalue weighted by Crippen LogP contribution is 2.38. The maximum absolute atomic E-state index is 9.41. The molecule has 3 nitrogen and oxygen atoms in total. The molecule has 0 saturated carbocycles. The van der Waals surface area contributed by atoms with E-state index in [4.69, 9.17) is 9.05 Å². The summed E-state index contributed by atoms with van der Waals surface area (Å²) in [7, 11) is -1.95. The van der Waals surface area contributed by atoms with E-state index < -0.39 is 8.60 Å². The molecule has 0 bridgehead atoms. The Balaban J connectivity index is 2.33. The summed E-state index contributed by atoms with van der Waals surface area (Å²) in [5.74, 6) is 0.605. The van der Waals surface area contributed by atoms with Crippen LogP contribution in [0.1, 0.15) is 0 Å². The minimum absolute atomic E-state index is 0.605.